The first-order valence-corrected chi connectivity index (χ1v) is 16.9. The quantitative estimate of drug-likeness (QED) is 0.0715. The molecule has 2 fully saturated rings. The van der Waals surface area contributed by atoms with Crippen LogP contribution < -0.4 is 5.32 Å². The van der Waals surface area contributed by atoms with Crippen LogP contribution in [0.3, 0.4) is 0 Å². The summed E-state index contributed by atoms with van der Waals surface area (Å²) in [6, 6.07) is -0.166. The van der Waals surface area contributed by atoms with Crippen LogP contribution in [0.25, 0.3) is 0 Å². The molecule has 9 heteroatoms. The third-order valence-electron chi connectivity index (χ3n) is 8.04. The Kier molecular flexibility index (Phi) is 17.0. The Balaban J connectivity index is 1.55. The van der Waals surface area contributed by atoms with Gasteiger partial charge in [-0.3, -0.25) is 0 Å². The number of rotatable bonds is 13. The second-order valence-corrected chi connectivity index (χ2v) is 12.9. The molecule has 0 amide bonds. The van der Waals surface area contributed by atoms with Gasteiger partial charge in [-0.05, 0) is 76.0 Å². The summed E-state index contributed by atoms with van der Waals surface area (Å²) in [5.41, 5.74) is 1.67. The topological polar surface area (TPSA) is 67.7 Å². The second-order valence-electron chi connectivity index (χ2n) is 11.9. The average Bonchev–Trinajstić information content (AvgIpc) is 3.39. The van der Waals surface area contributed by atoms with E-state index in [0.717, 1.165) is 49.1 Å². The zero-order valence-corrected chi connectivity index (χ0v) is 28.6. The van der Waals surface area contributed by atoms with Crippen LogP contribution in [-0.2, 0) is 14.2 Å². The summed E-state index contributed by atoms with van der Waals surface area (Å²) in [6.45, 7) is 10.4. The molecule has 244 valence electrons. The number of allylic oxidation sites excluding steroid dienone is 8. The van der Waals surface area contributed by atoms with Crippen LogP contribution in [0.1, 0.15) is 78.6 Å². The lowest BCUT2D eigenvalue weighted by Crippen LogP contribution is -2.35. The Labute approximate surface area is 275 Å². The van der Waals surface area contributed by atoms with Gasteiger partial charge in [-0.1, -0.05) is 73.9 Å². The Morgan fingerprint density at radius 3 is 2.68 bits per heavy atom. The van der Waals surface area contributed by atoms with E-state index >= 15 is 0 Å². The number of hydrogen-bond donors (Lipinski definition) is 1. The molecule has 2 aliphatic carbocycles. The van der Waals surface area contributed by atoms with E-state index in [1.807, 2.05) is 57.2 Å². The number of methoxy groups -OCH3 is 1. The van der Waals surface area contributed by atoms with E-state index < -0.39 is 0 Å². The lowest BCUT2D eigenvalue weighted by atomic mass is 9.96. The van der Waals surface area contributed by atoms with Crippen LogP contribution in [0.4, 0.5) is 0 Å². The van der Waals surface area contributed by atoms with Crippen molar-refractivity contribution in [3.63, 3.8) is 0 Å². The molecule has 1 saturated carbocycles. The molecule has 0 spiro atoms. The van der Waals surface area contributed by atoms with Crippen LogP contribution >= 0.6 is 23.2 Å². The fourth-order valence-corrected chi connectivity index (χ4v) is 6.19. The van der Waals surface area contributed by atoms with Gasteiger partial charge in [0.05, 0.1) is 25.2 Å². The molecule has 1 N–H and O–H groups in total. The molecule has 0 bridgehead atoms. The van der Waals surface area contributed by atoms with Crippen molar-refractivity contribution in [1.29, 1.82) is 0 Å². The number of hydrogen-bond acceptors (Lipinski definition) is 6. The summed E-state index contributed by atoms with van der Waals surface area (Å²) < 4.78 is 17.3. The number of aliphatic imine (C=N–C) groups is 2. The van der Waals surface area contributed by atoms with Gasteiger partial charge in [-0.2, -0.15) is 0 Å². The highest BCUT2D eigenvalue weighted by Gasteiger charge is 2.21. The van der Waals surface area contributed by atoms with Crippen LogP contribution in [0.15, 0.2) is 79.9 Å². The van der Waals surface area contributed by atoms with Gasteiger partial charge >= 0.3 is 0 Å². The van der Waals surface area contributed by atoms with Crippen molar-refractivity contribution in [2.75, 3.05) is 40.0 Å². The van der Waals surface area contributed by atoms with Gasteiger partial charge in [-0.25, -0.2) is 9.98 Å². The predicted molar refractivity (Wildman–Crippen MR) is 185 cm³/mol. The van der Waals surface area contributed by atoms with E-state index in [4.69, 9.17) is 37.4 Å². The second kappa shape index (κ2) is 20.7. The lowest BCUT2D eigenvalue weighted by molar-refractivity contribution is 0.00244. The summed E-state index contributed by atoms with van der Waals surface area (Å²) in [7, 11) is 1.61. The summed E-state index contributed by atoms with van der Waals surface area (Å²) in [4.78, 5) is 11.7. The molecule has 1 aliphatic heterocycles. The maximum atomic E-state index is 6.39. The van der Waals surface area contributed by atoms with Gasteiger partial charge in [0.2, 0.25) is 0 Å². The first kappa shape index (κ1) is 36.2. The molecule has 2 unspecified atom stereocenters. The molecule has 1 heterocycles. The van der Waals surface area contributed by atoms with Crippen molar-refractivity contribution in [1.82, 2.24) is 10.2 Å². The highest BCUT2D eigenvalue weighted by atomic mass is 35.5. The smallest absolute Gasteiger partial charge is 0.131 e. The average molecular weight is 648 g/mol. The van der Waals surface area contributed by atoms with Crippen molar-refractivity contribution in [2.45, 2.75) is 90.7 Å². The number of ether oxygens (including phenoxy) is 3. The number of halogens is 2. The first-order valence-electron chi connectivity index (χ1n) is 16.1. The molecular formula is C35H52Cl2N4O3. The summed E-state index contributed by atoms with van der Waals surface area (Å²) in [5, 5.41) is 4.77. The SMILES string of the molecule is CO/C=C/C(C)=C(/N=C\N=C(C)\C=C(/C)OCC1CN(CCC2CCCCCC2)CCCO1)NC1C=C/C=C(/Cl)C/C(Cl)=C\1. The summed E-state index contributed by atoms with van der Waals surface area (Å²) in [6.07, 6.45) is 26.0. The molecular weight excluding hydrogens is 595 g/mol. The minimum absolute atomic E-state index is 0.0760. The highest BCUT2D eigenvalue weighted by molar-refractivity contribution is 6.33. The Morgan fingerprint density at radius 2 is 1.91 bits per heavy atom. The van der Waals surface area contributed by atoms with Crippen molar-refractivity contribution < 1.29 is 14.2 Å². The van der Waals surface area contributed by atoms with Crippen molar-refractivity contribution >= 4 is 35.3 Å². The van der Waals surface area contributed by atoms with Crippen molar-refractivity contribution in [3.8, 4) is 0 Å². The molecule has 0 aromatic heterocycles. The van der Waals surface area contributed by atoms with Crippen molar-refractivity contribution in [3.05, 3.63) is 69.9 Å². The highest BCUT2D eigenvalue weighted by Crippen LogP contribution is 2.26. The largest absolute Gasteiger partial charge is 0.504 e. The zero-order chi connectivity index (χ0) is 31.6. The molecule has 0 aromatic rings. The normalized spacial score (nSPS) is 26.6. The van der Waals surface area contributed by atoms with Crippen LogP contribution in [0.5, 0.6) is 0 Å². The number of nitrogens with one attached hydrogen (secondary N) is 1. The Morgan fingerprint density at radius 1 is 1.11 bits per heavy atom. The van der Waals surface area contributed by atoms with E-state index in [9.17, 15) is 0 Å². The Bertz CT molecular complexity index is 1130. The van der Waals surface area contributed by atoms with E-state index in [0.29, 0.717) is 28.9 Å². The Hall–Kier alpha value is -2.32. The lowest BCUT2D eigenvalue weighted by Gasteiger charge is -2.25. The first-order chi connectivity index (χ1) is 21.3. The fraction of sp³-hybridized carbons (Fsp3) is 0.600. The van der Waals surface area contributed by atoms with Crippen LogP contribution in [0.2, 0.25) is 0 Å². The predicted octanol–water partition coefficient (Wildman–Crippen LogP) is 8.40. The van der Waals surface area contributed by atoms with Crippen molar-refractivity contribution in [2.24, 2.45) is 15.9 Å². The molecule has 2 atom stereocenters. The zero-order valence-electron chi connectivity index (χ0n) is 27.1. The fourth-order valence-electron chi connectivity index (χ4n) is 5.63. The third-order valence-corrected chi connectivity index (χ3v) is 8.56. The molecule has 44 heavy (non-hydrogen) atoms. The molecule has 1 saturated heterocycles. The third kappa shape index (κ3) is 14.6. The molecule has 0 radical (unpaired) electrons. The van der Waals surface area contributed by atoms with Crippen LogP contribution in [0, 0.1) is 5.92 Å². The molecule has 3 rings (SSSR count). The van der Waals surface area contributed by atoms with Gasteiger partial charge in [0, 0.05) is 41.9 Å². The van der Waals surface area contributed by atoms with Gasteiger partial charge in [0.25, 0.3) is 0 Å². The maximum absolute atomic E-state index is 6.39. The molecule has 7 nitrogen and oxygen atoms in total. The van der Waals surface area contributed by atoms with E-state index in [2.05, 4.69) is 20.2 Å². The summed E-state index contributed by atoms with van der Waals surface area (Å²) >= 11 is 12.6. The van der Waals surface area contributed by atoms with E-state index in [1.54, 1.807) is 19.7 Å². The standard InChI is InChI=1S/C35H52Cl2N4O3/c1-27(16-20-42-4)35(40-33-14-9-13-31(36)22-32(37)23-33)39-26-38-28(2)21-29(3)44-25-34-24-41(17-10-19-43-34)18-15-30-11-7-5-6-8-12-30/h9,13-14,16,20-21,23,26,30,33-34,40H,5-8,10-12,15,17-19,22,24-25H2,1-4H3/b14-9?,20-16+,29-21+,31-13+,32-23+,35-27-,38-28+,39-26-. The molecule has 0 aromatic carbocycles. The monoisotopic (exact) mass is 646 g/mol. The number of nitrogens with zero attached hydrogens (tertiary/aromatic N) is 3. The maximum Gasteiger partial charge on any atom is 0.131 e. The minimum Gasteiger partial charge on any atom is -0.504 e. The van der Waals surface area contributed by atoms with Gasteiger partial charge in [0.15, 0.2) is 0 Å². The van der Waals surface area contributed by atoms with Gasteiger partial charge in [-0.15, -0.1) is 0 Å². The van der Waals surface area contributed by atoms with Gasteiger partial charge in [0.1, 0.15) is 24.9 Å². The molecule has 3 aliphatic rings. The van der Waals surface area contributed by atoms with E-state index in [-0.39, 0.29) is 12.1 Å². The minimum atomic E-state index is -0.166. The van der Waals surface area contributed by atoms with Crippen LogP contribution in [-0.4, -0.2) is 69.1 Å². The van der Waals surface area contributed by atoms with Gasteiger partial charge < -0.3 is 24.4 Å². The van der Waals surface area contributed by atoms with E-state index in [1.165, 1.54) is 51.5 Å². The summed E-state index contributed by atoms with van der Waals surface area (Å²) in [5.74, 6) is 2.34.